The second-order valence-corrected chi connectivity index (χ2v) is 12.5. The average molecular weight is 712 g/mol. The summed E-state index contributed by atoms with van der Waals surface area (Å²) >= 11 is 0. The minimum absolute atomic E-state index is 0.00328. The van der Waals surface area contributed by atoms with Gasteiger partial charge in [-0.3, -0.25) is 24.0 Å². The van der Waals surface area contributed by atoms with Crippen LogP contribution < -0.4 is 38.1 Å². The third kappa shape index (κ3) is 17.1. The summed E-state index contributed by atoms with van der Waals surface area (Å²) in [7, 11) is 0. The van der Waals surface area contributed by atoms with Gasteiger partial charge in [0.15, 0.2) is 0 Å². The number of carbonyl (C=O) groups is 6. The topological polar surface area (TPSA) is 255 Å². The lowest BCUT2D eigenvalue weighted by Gasteiger charge is -2.22. The maximum absolute atomic E-state index is 13.4. The zero-order chi connectivity index (χ0) is 37.8. The molecule has 4 amide bonds. The minimum atomic E-state index is -1.31. The summed E-state index contributed by atoms with van der Waals surface area (Å²) in [6.07, 6.45) is 2.93. The quantitative estimate of drug-likeness (QED) is 0.0705. The summed E-state index contributed by atoms with van der Waals surface area (Å²) < 4.78 is 0. The fourth-order valence-electron chi connectivity index (χ4n) is 5.14. The number of hydrogen-bond donors (Lipinski definition) is 9. The number of unbranched alkanes of at least 4 members (excludes halogenated alkanes) is 1. The third-order valence-corrected chi connectivity index (χ3v) is 8.03. The van der Waals surface area contributed by atoms with Gasteiger partial charge < -0.3 is 48.3 Å². The lowest BCUT2D eigenvalue weighted by Crippen LogP contribution is -2.53. The standard InChI is InChI=1S/C36H53N7O8/c1-3-4-6-27(37)22-39-19-17-29(38)34(48)43-31(35(49)40-20-18-30(36(50)51)42-32(45)7-5-8-33(46)47)21-24-9-11-25(12-10-24)26-13-15-28(16-14-26)41-23(2)44/h9-16,27,29-31,39H,3-8,17-22,37-38H2,1-2H3,(H,40,49)(H,41,44)(H,42,45)(H,43,48)(H,46,47)(H,50,51)/t27-,29-,30+,31+/m0/s1. The Kier molecular flexibility index (Phi) is 18.9. The zero-order valence-corrected chi connectivity index (χ0v) is 29.4. The maximum Gasteiger partial charge on any atom is 0.326 e. The molecule has 0 unspecified atom stereocenters. The number of carboxylic acids is 2. The fourth-order valence-corrected chi connectivity index (χ4v) is 5.14. The van der Waals surface area contributed by atoms with E-state index in [2.05, 4.69) is 33.5 Å². The van der Waals surface area contributed by atoms with Crippen molar-refractivity contribution < 1.29 is 39.0 Å². The number of anilines is 1. The van der Waals surface area contributed by atoms with E-state index in [4.69, 9.17) is 16.6 Å². The van der Waals surface area contributed by atoms with E-state index in [0.29, 0.717) is 25.2 Å². The number of nitrogens with one attached hydrogen (secondary N) is 5. The van der Waals surface area contributed by atoms with E-state index < -0.39 is 47.8 Å². The smallest absolute Gasteiger partial charge is 0.326 e. The summed E-state index contributed by atoms with van der Waals surface area (Å²) in [4.78, 5) is 72.4. The highest BCUT2D eigenvalue weighted by molar-refractivity contribution is 5.90. The number of nitrogens with two attached hydrogens (primary N) is 2. The normalized spacial score (nSPS) is 13.3. The van der Waals surface area contributed by atoms with Gasteiger partial charge in [0.2, 0.25) is 23.6 Å². The molecule has 280 valence electrons. The molecular formula is C36H53N7O8. The molecule has 0 saturated heterocycles. The van der Waals surface area contributed by atoms with Crippen LogP contribution in [0.1, 0.15) is 70.8 Å². The van der Waals surface area contributed by atoms with E-state index >= 15 is 0 Å². The van der Waals surface area contributed by atoms with E-state index in [-0.39, 0.29) is 50.6 Å². The van der Waals surface area contributed by atoms with Crippen LogP contribution in [0.4, 0.5) is 5.69 Å². The average Bonchev–Trinajstić information content (AvgIpc) is 3.08. The largest absolute Gasteiger partial charge is 0.481 e. The van der Waals surface area contributed by atoms with Crippen molar-refractivity contribution in [3.63, 3.8) is 0 Å². The predicted molar refractivity (Wildman–Crippen MR) is 193 cm³/mol. The Morgan fingerprint density at radius 3 is 1.98 bits per heavy atom. The van der Waals surface area contributed by atoms with Crippen LogP contribution in [-0.2, 0) is 35.2 Å². The van der Waals surface area contributed by atoms with Gasteiger partial charge in [0.25, 0.3) is 0 Å². The molecule has 2 rings (SSSR count). The number of amides is 4. The van der Waals surface area contributed by atoms with Crippen molar-refractivity contribution in [1.82, 2.24) is 21.3 Å². The molecule has 0 heterocycles. The molecule has 0 spiro atoms. The highest BCUT2D eigenvalue weighted by Crippen LogP contribution is 2.22. The van der Waals surface area contributed by atoms with E-state index in [1.165, 1.54) is 6.92 Å². The van der Waals surface area contributed by atoms with Crippen LogP contribution in [0.15, 0.2) is 48.5 Å². The molecule has 0 aliphatic rings. The molecule has 15 heteroatoms. The Morgan fingerprint density at radius 1 is 0.745 bits per heavy atom. The summed E-state index contributed by atoms with van der Waals surface area (Å²) in [5.74, 6) is -4.25. The molecule has 0 bridgehead atoms. The first kappa shape index (κ1) is 42.3. The lowest BCUT2D eigenvalue weighted by molar-refractivity contribution is -0.142. The van der Waals surface area contributed by atoms with Crippen molar-refractivity contribution in [3.05, 3.63) is 54.1 Å². The first-order valence-electron chi connectivity index (χ1n) is 17.3. The molecule has 0 aliphatic carbocycles. The Hall–Kier alpha value is -4.86. The molecule has 51 heavy (non-hydrogen) atoms. The highest BCUT2D eigenvalue weighted by Gasteiger charge is 2.25. The molecule has 0 aromatic heterocycles. The second kappa shape index (κ2) is 22.8. The second-order valence-electron chi connectivity index (χ2n) is 12.5. The molecule has 15 nitrogen and oxygen atoms in total. The number of carbonyl (C=O) groups excluding carboxylic acids is 4. The summed E-state index contributed by atoms with van der Waals surface area (Å²) in [5, 5.41) is 32.0. The molecule has 4 atom stereocenters. The van der Waals surface area contributed by atoms with Crippen molar-refractivity contribution in [2.45, 2.75) is 95.8 Å². The van der Waals surface area contributed by atoms with E-state index in [0.717, 1.165) is 36.0 Å². The van der Waals surface area contributed by atoms with Gasteiger partial charge in [0, 0.05) is 51.0 Å². The maximum atomic E-state index is 13.4. The summed E-state index contributed by atoms with van der Waals surface area (Å²) in [6, 6.07) is 11.5. The number of aliphatic carboxylic acids is 2. The van der Waals surface area contributed by atoms with Gasteiger partial charge in [-0.1, -0.05) is 56.2 Å². The summed E-state index contributed by atoms with van der Waals surface area (Å²) in [5.41, 5.74) is 15.5. The molecule has 11 N–H and O–H groups in total. The van der Waals surface area contributed by atoms with E-state index in [9.17, 15) is 33.9 Å². The summed E-state index contributed by atoms with van der Waals surface area (Å²) in [6.45, 7) is 4.45. The van der Waals surface area contributed by atoms with Crippen molar-refractivity contribution in [2.75, 3.05) is 25.0 Å². The van der Waals surface area contributed by atoms with Crippen molar-refractivity contribution in [2.24, 2.45) is 11.5 Å². The Labute approximate surface area is 298 Å². The Balaban J connectivity index is 2.08. The van der Waals surface area contributed by atoms with Gasteiger partial charge in [-0.2, -0.15) is 0 Å². The predicted octanol–water partition coefficient (Wildman–Crippen LogP) is 1.49. The van der Waals surface area contributed by atoms with Crippen molar-refractivity contribution in [1.29, 1.82) is 0 Å². The minimum Gasteiger partial charge on any atom is -0.481 e. The van der Waals surface area contributed by atoms with Crippen LogP contribution in [0.25, 0.3) is 11.1 Å². The van der Waals surface area contributed by atoms with Crippen LogP contribution in [0.5, 0.6) is 0 Å². The van der Waals surface area contributed by atoms with Crippen LogP contribution in [0.3, 0.4) is 0 Å². The van der Waals surface area contributed by atoms with E-state index in [1.807, 2.05) is 36.4 Å². The molecular weight excluding hydrogens is 658 g/mol. The van der Waals surface area contributed by atoms with Gasteiger partial charge in [-0.15, -0.1) is 0 Å². The van der Waals surface area contributed by atoms with Gasteiger partial charge >= 0.3 is 11.9 Å². The van der Waals surface area contributed by atoms with Crippen LogP contribution in [0.2, 0.25) is 0 Å². The number of rotatable bonds is 24. The molecule has 0 fully saturated rings. The van der Waals surface area contributed by atoms with Gasteiger partial charge in [-0.25, -0.2) is 4.79 Å². The Bertz CT molecular complexity index is 1440. The molecule has 2 aromatic rings. The van der Waals surface area contributed by atoms with E-state index in [1.54, 1.807) is 12.1 Å². The third-order valence-electron chi connectivity index (χ3n) is 8.03. The molecule has 0 saturated carbocycles. The number of hydrogen-bond acceptors (Lipinski definition) is 9. The van der Waals surface area contributed by atoms with Gasteiger partial charge in [-0.05, 0) is 61.1 Å². The zero-order valence-electron chi connectivity index (χ0n) is 29.4. The fraction of sp³-hybridized carbons (Fsp3) is 0.500. The molecule has 0 aliphatic heterocycles. The SMILES string of the molecule is CCCC[C@H](N)CNCC[C@H](N)C(=O)N[C@H](Cc1ccc(-c2ccc(NC(C)=O)cc2)cc1)C(=O)NCC[C@@H](NC(=O)CCCC(=O)O)C(=O)O. The monoisotopic (exact) mass is 711 g/mol. The Morgan fingerprint density at radius 2 is 1.39 bits per heavy atom. The van der Waals surface area contributed by atoms with Crippen molar-refractivity contribution in [3.8, 4) is 11.1 Å². The van der Waals surface area contributed by atoms with Gasteiger partial charge in [0.05, 0.1) is 6.04 Å². The lowest BCUT2D eigenvalue weighted by atomic mass is 9.99. The number of benzene rings is 2. The molecule has 2 aromatic carbocycles. The number of carboxylic acid groups (broad SMARTS) is 2. The van der Waals surface area contributed by atoms with Crippen LogP contribution in [-0.4, -0.2) is 89.6 Å². The first-order valence-corrected chi connectivity index (χ1v) is 17.3. The highest BCUT2D eigenvalue weighted by atomic mass is 16.4. The van der Waals surface area contributed by atoms with Crippen molar-refractivity contribution >= 4 is 41.3 Å². The van der Waals surface area contributed by atoms with Crippen LogP contribution in [0, 0.1) is 0 Å². The van der Waals surface area contributed by atoms with Crippen LogP contribution >= 0.6 is 0 Å². The van der Waals surface area contributed by atoms with Gasteiger partial charge in [0.1, 0.15) is 12.1 Å². The first-order chi connectivity index (χ1) is 24.3. The molecule has 0 radical (unpaired) electrons.